The van der Waals surface area contributed by atoms with Crippen molar-refractivity contribution in [1.82, 2.24) is 9.88 Å². The molecule has 0 radical (unpaired) electrons. The Morgan fingerprint density at radius 2 is 1.77 bits per heavy atom. The van der Waals surface area contributed by atoms with Gasteiger partial charge in [-0.1, -0.05) is 23.7 Å². The van der Waals surface area contributed by atoms with Crippen LogP contribution in [0.2, 0.25) is 5.15 Å². The summed E-state index contributed by atoms with van der Waals surface area (Å²) in [6.45, 7) is 0.420. The van der Waals surface area contributed by atoms with Crippen LogP contribution in [0.25, 0.3) is 0 Å². The van der Waals surface area contributed by atoms with Gasteiger partial charge >= 0.3 is 5.97 Å². The fraction of sp³-hybridized carbons (Fsp3) is 0.188. The van der Waals surface area contributed by atoms with Crippen molar-refractivity contribution in [2.75, 3.05) is 14.2 Å². The predicted molar refractivity (Wildman–Crippen MR) is 82.8 cm³/mol. The number of hydrogen-bond donors (Lipinski definition) is 0. The highest BCUT2D eigenvalue weighted by atomic mass is 35.5. The van der Waals surface area contributed by atoms with Crippen LogP contribution in [-0.4, -0.2) is 35.9 Å². The maximum Gasteiger partial charge on any atom is 0.337 e. The fourth-order valence-corrected chi connectivity index (χ4v) is 2.04. The molecule has 0 saturated carbocycles. The Morgan fingerprint density at radius 3 is 2.32 bits per heavy atom. The summed E-state index contributed by atoms with van der Waals surface area (Å²) in [5, 5.41) is 0.345. The van der Waals surface area contributed by atoms with Gasteiger partial charge in [0.1, 0.15) is 5.15 Å². The first-order valence-electron chi connectivity index (χ1n) is 6.55. The highest BCUT2D eigenvalue weighted by Gasteiger charge is 2.13. The molecule has 0 spiro atoms. The molecule has 0 unspecified atom stereocenters. The molecule has 0 fully saturated rings. The number of halogens is 1. The topological polar surface area (TPSA) is 59.5 Å². The van der Waals surface area contributed by atoms with Crippen molar-refractivity contribution in [3.8, 4) is 0 Å². The van der Waals surface area contributed by atoms with E-state index in [-0.39, 0.29) is 11.9 Å². The van der Waals surface area contributed by atoms with E-state index in [4.69, 9.17) is 11.6 Å². The van der Waals surface area contributed by atoms with Crippen LogP contribution >= 0.6 is 11.6 Å². The van der Waals surface area contributed by atoms with Crippen LogP contribution in [0.3, 0.4) is 0 Å². The summed E-state index contributed by atoms with van der Waals surface area (Å²) >= 11 is 5.70. The van der Waals surface area contributed by atoms with Crippen molar-refractivity contribution >= 4 is 23.5 Å². The van der Waals surface area contributed by atoms with Crippen LogP contribution in [0, 0.1) is 0 Å². The van der Waals surface area contributed by atoms with Crippen molar-refractivity contribution in [1.29, 1.82) is 0 Å². The Bertz CT molecular complexity index is 669. The average molecular weight is 319 g/mol. The minimum absolute atomic E-state index is 0.152. The molecule has 2 aromatic rings. The Labute approximate surface area is 133 Å². The van der Waals surface area contributed by atoms with Crippen LogP contribution < -0.4 is 0 Å². The van der Waals surface area contributed by atoms with Gasteiger partial charge in [-0.25, -0.2) is 9.78 Å². The smallest absolute Gasteiger partial charge is 0.337 e. The van der Waals surface area contributed by atoms with Gasteiger partial charge in [0, 0.05) is 19.8 Å². The monoisotopic (exact) mass is 318 g/mol. The quantitative estimate of drug-likeness (QED) is 0.642. The zero-order valence-electron chi connectivity index (χ0n) is 12.2. The molecule has 6 heteroatoms. The lowest BCUT2D eigenvalue weighted by atomic mass is 10.1. The van der Waals surface area contributed by atoms with Crippen LogP contribution in [-0.2, 0) is 11.3 Å². The molecule has 0 bridgehead atoms. The second-order valence-electron chi connectivity index (χ2n) is 4.72. The highest BCUT2D eigenvalue weighted by molar-refractivity contribution is 6.29. The van der Waals surface area contributed by atoms with E-state index in [1.807, 2.05) is 0 Å². The Hall–Kier alpha value is -2.40. The minimum Gasteiger partial charge on any atom is -0.465 e. The van der Waals surface area contributed by atoms with Gasteiger partial charge in [-0.15, -0.1) is 0 Å². The van der Waals surface area contributed by atoms with E-state index < -0.39 is 0 Å². The summed E-state index contributed by atoms with van der Waals surface area (Å²) in [4.78, 5) is 29.1. The van der Waals surface area contributed by atoms with Gasteiger partial charge in [0.05, 0.1) is 18.2 Å². The number of esters is 1. The van der Waals surface area contributed by atoms with Crippen LogP contribution in [0.1, 0.15) is 26.3 Å². The molecule has 0 aliphatic carbocycles. The SMILES string of the molecule is COC(=O)c1ccc(CN(C)C(=O)c2ccc(Cl)nc2)cc1. The van der Waals surface area contributed by atoms with Crippen LogP contribution in [0.4, 0.5) is 0 Å². The molecule has 1 amide bonds. The van der Waals surface area contributed by atoms with E-state index in [1.54, 1.807) is 48.3 Å². The lowest BCUT2D eigenvalue weighted by Gasteiger charge is -2.17. The first-order chi connectivity index (χ1) is 10.5. The minimum atomic E-state index is -0.386. The first-order valence-corrected chi connectivity index (χ1v) is 6.93. The van der Waals surface area contributed by atoms with Gasteiger partial charge < -0.3 is 9.64 Å². The number of hydrogen-bond acceptors (Lipinski definition) is 4. The largest absolute Gasteiger partial charge is 0.465 e. The maximum absolute atomic E-state index is 12.3. The van der Waals surface area contributed by atoms with E-state index in [1.165, 1.54) is 13.3 Å². The number of nitrogens with zero attached hydrogens (tertiary/aromatic N) is 2. The predicted octanol–water partition coefficient (Wildman–Crippen LogP) is 2.79. The van der Waals surface area contributed by atoms with Crippen LogP contribution in [0.15, 0.2) is 42.6 Å². The van der Waals surface area contributed by atoms with Gasteiger partial charge in [-0.05, 0) is 29.8 Å². The van der Waals surface area contributed by atoms with Gasteiger partial charge in [-0.2, -0.15) is 0 Å². The maximum atomic E-state index is 12.3. The average Bonchev–Trinajstić information content (AvgIpc) is 2.54. The van der Waals surface area contributed by atoms with E-state index in [0.29, 0.717) is 22.8 Å². The van der Waals surface area contributed by atoms with Crippen LogP contribution in [0.5, 0.6) is 0 Å². The van der Waals surface area contributed by atoms with Gasteiger partial charge in [0.25, 0.3) is 5.91 Å². The zero-order valence-corrected chi connectivity index (χ0v) is 13.0. The Balaban J connectivity index is 2.05. The lowest BCUT2D eigenvalue weighted by Crippen LogP contribution is -2.26. The third kappa shape index (κ3) is 3.83. The molecule has 114 valence electrons. The molecule has 5 nitrogen and oxygen atoms in total. The summed E-state index contributed by atoms with van der Waals surface area (Å²) < 4.78 is 4.64. The summed E-state index contributed by atoms with van der Waals surface area (Å²) in [5.41, 5.74) is 1.85. The summed E-state index contributed by atoms with van der Waals surface area (Å²) in [7, 11) is 3.04. The molecule has 1 heterocycles. The van der Waals surface area contributed by atoms with Gasteiger partial charge in [-0.3, -0.25) is 4.79 Å². The molecular weight excluding hydrogens is 304 g/mol. The number of methoxy groups -OCH3 is 1. The Morgan fingerprint density at radius 1 is 1.14 bits per heavy atom. The number of pyridine rings is 1. The number of amides is 1. The Kier molecular flexibility index (Phi) is 5.12. The third-order valence-electron chi connectivity index (χ3n) is 3.12. The molecule has 1 aromatic carbocycles. The van der Waals surface area contributed by atoms with Crippen molar-refractivity contribution in [3.63, 3.8) is 0 Å². The zero-order chi connectivity index (χ0) is 16.1. The fourth-order valence-electron chi connectivity index (χ4n) is 1.93. The standard InChI is InChI=1S/C16H15ClN2O3/c1-19(15(20)13-7-8-14(17)18-9-13)10-11-3-5-12(6-4-11)16(21)22-2/h3-9H,10H2,1-2H3. The number of carbonyl (C=O) groups is 2. The summed E-state index contributed by atoms with van der Waals surface area (Å²) in [5.74, 6) is -0.538. The van der Waals surface area contributed by atoms with Crippen molar-refractivity contribution < 1.29 is 14.3 Å². The van der Waals surface area contributed by atoms with Crippen molar-refractivity contribution in [2.45, 2.75) is 6.54 Å². The second kappa shape index (κ2) is 7.04. The number of carbonyl (C=O) groups excluding carboxylic acids is 2. The van der Waals surface area contributed by atoms with Gasteiger partial charge in [0.15, 0.2) is 0 Å². The number of benzene rings is 1. The van der Waals surface area contributed by atoms with E-state index in [0.717, 1.165) is 5.56 Å². The number of ether oxygens (including phenoxy) is 1. The molecule has 0 aliphatic rings. The third-order valence-corrected chi connectivity index (χ3v) is 3.34. The summed E-state index contributed by atoms with van der Waals surface area (Å²) in [6.07, 6.45) is 1.45. The molecule has 22 heavy (non-hydrogen) atoms. The molecule has 0 saturated heterocycles. The highest BCUT2D eigenvalue weighted by Crippen LogP contribution is 2.11. The van der Waals surface area contributed by atoms with Gasteiger partial charge in [0.2, 0.25) is 0 Å². The second-order valence-corrected chi connectivity index (χ2v) is 5.11. The number of aromatic nitrogens is 1. The molecule has 0 atom stereocenters. The molecule has 0 N–H and O–H groups in total. The molecular formula is C16H15ClN2O3. The lowest BCUT2D eigenvalue weighted by molar-refractivity contribution is 0.0600. The van der Waals surface area contributed by atoms with E-state index in [9.17, 15) is 9.59 Å². The molecule has 2 rings (SSSR count). The van der Waals surface area contributed by atoms with Crippen molar-refractivity contribution in [2.24, 2.45) is 0 Å². The number of rotatable bonds is 4. The van der Waals surface area contributed by atoms with E-state index >= 15 is 0 Å². The molecule has 0 aliphatic heterocycles. The van der Waals surface area contributed by atoms with E-state index in [2.05, 4.69) is 9.72 Å². The normalized spacial score (nSPS) is 10.1. The summed E-state index contributed by atoms with van der Waals surface area (Å²) in [6, 6.07) is 10.1. The van der Waals surface area contributed by atoms with Crippen molar-refractivity contribution in [3.05, 3.63) is 64.4 Å². The molecule has 1 aromatic heterocycles. The first kappa shape index (κ1) is 16.0.